The summed E-state index contributed by atoms with van der Waals surface area (Å²) in [5, 5.41) is 37.1. The largest absolute Gasteiger partial charge is 0.508 e. The van der Waals surface area contributed by atoms with Crippen LogP contribution in [0.4, 0.5) is 0 Å². The second-order valence-electron chi connectivity index (χ2n) is 9.40. The van der Waals surface area contributed by atoms with Crippen molar-refractivity contribution in [3.8, 4) is 5.75 Å². The fraction of sp³-hybridized carbons (Fsp3) is 0.333. The van der Waals surface area contributed by atoms with Crippen molar-refractivity contribution < 1.29 is 34.5 Å². The second kappa shape index (κ2) is 13.8. The van der Waals surface area contributed by atoms with Gasteiger partial charge in [0.15, 0.2) is 0 Å². The van der Waals surface area contributed by atoms with E-state index < -0.39 is 54.0 Å². The van der Waals surface area contributed by atoms with Crippen LogP contribution in [-0.2, 0) is 32.0 Å². The Hall–Kier alpha value is -4.07. The molecule has 0 aliphatic rings. The van der Waals surface area contributed by atoms with Crippen LogP contribution >= 0.6 is 12.6 Å². The smallest absolute Gasteiger partial charge is 0.327 e. The minimum absolute atomic E-state index is 0.00533. The average Bonchev–Trinajstić information content (AvgIpc) is 3.33. The fourth-order valence-corrected chi connectivity index (χ4v) is 4.27. The number of carbonyl (C=O) groups excluding carboxylic acids is 3. The average molecular weight is 572 g/mol. The molecule has 0 spiro atoms. The normalized spacial score (nSPS) is 14.9. The number of H-pyrrole nitrogens is 1. The van der Waals surface area contributed by atoms with E-state index in [4.69, 9.17) is 5.73 Å². The van der Waals surface area contributed by atoms with Crippen LogP contribution in [0.25, 0.3) is 10.9 Å². The Balaban J connectivity index is 1.90. The van der Waals surface area contributed by atoms with Crippen molar-refractivity contribution in [3.63, 3.8) is 0 Å². The maximum Gasteiger partial charge on any atom is 0.327 e. The lowest BCUT2D eigenvalue weighted by molar-refractivity contribution is -0.141. The monoisotopic (exact) mass is 571 g/mol. The van der Waals surface area contributed by atoms with E-state index in [2.05, 4.69) is 33.6 Å². The van der Waals surface area contributed by atoms with Crippen molar-refractivity contribution in [3.05, 3.63) is 65.9 Å². The number of carboxylic acid groups (broad SMARTS) is 1. The number of amides is 3. The molecule has 12 nitrogen and oxygen atoms in total. The third-order valence-electron chi connectivity index (χ3n) is 6.36. The number of aromatic amines is 1. The highest BCUT2D eigenvalue weighted by Crippen LogP contribution is 2.19. The minimum atomic E-state index is -1.30. The summed E-state index contributed by atoms with van der Waals surface area (Å²) in [6, 6.07) is 8.27. The van der Waals surface area contributed by atoms with Gasteiger partial charge in [-0.25, -0.2) is 4.79 Å². The first kappa shape index (κ1) is 30.5. The van der Waals surface area contributed by atoms with Crippen LogP contribution in [0.5, 0.6) is 5.75 Å². The molecule has 214 valence electrons. The van der Waals surface area contributed by atoms with Crippen molar-refractivity contribution in [2.75, 3.05) is 5.75 Å². The Bertz CT molecular complexity index is 1340. The molecule has 9 N–H and O–H groups in total. The molecule has 40 heavy (non-hydrogen) atoms. The van der Waals surface area contributed by atoms with Crippen molar-refractivity contribution >= 4 is 47.2 Å². The number of aromatic nitrogens is 1. The highest BCUT2D eigenvalue weighted by molar-refractivity contribution is 7.80. The topological polar surface area (TPSA) is 207 Å². The Labute approximate surface area is 235 Å². The zero-order valence-electron chi connectivity index (χ0n) is 21.7. The molecule has 3 rings (SSSR count). The number of nitrogens with one attached hydrogen (secondary N) is 4. The van der Waals surface area contributed by atoms with Crippen molar-refractivity contribution in [2.24, 2.45) is 5.73 Å². The number of fused-ring (bicyclic) bond motifs is 1. The first-order valence-electron chi connectivity index (χ1n) is 12.5. The number of aliphatic hydroxyl groups is 1. The molecular formula is C27H33N5O7S. The number of phenols is 1. The van der Waals surface area contributed by atoms with Gasteiger partial charge in [-0.1, -0.05) is 30.3 Å². The first-order valence-corrected chi connectivity index (χ1v) is 13.1. The van der Waals surface area contributed by atoms with Gasteiger partial charge < -0.3 is 42.0 Å². The van der Waals surface area contributed by atoms with Gasteiger partial charge in [0, 0.05) is 35.7 Å². The molecule has 5 atom stereocenters. The van der Waals surface area contributed by atoms with Gasteiger partial charge in [-0.2, -0.15) is 12.6 Å². The fourth-order valence-electron chi connectivity index (χ4n) is 4.02. The molecule has 0 saturated carbocycles. The van der Waals surface area contributed by atoms with Crippen molar-refractivity contribution in [1.29, 1.82) is 0 Å². The molecule has 1 aromatic heterocycles. The van der Waals surface area contributed by atoms with Gasteiger partial charge in [-0.05, 0) is 36.2 Å². The zero-order valence-corrected chi connectivity index (χ0v) is 22.6. The highest BCUT2D eigenvalue weighted by Gasteiger charge is 2.31. The number of carboxylic acids is 1. The molecule has 3 aromatic rings. The molecule has 3 amide bonds. The quantitative estimate of drug-likeness (QED) is 0.126. The maximum absolute atomic E-state index is 13.6. The van der Waals surface area contributed by atoms with Crippen molar-refractivity contribution in [1.82, 2.24) is 20.9 Å². The number of aromatic hydroxyl groups is 1. The van der Waals surface area contributed by atoms with Crippen LogP contribution in [0.2, 0.25) is 0 Å². The van der Waals surface area contributed by atoms with Gasteiger partial charge in [0.2, 0.25) is 17.7 Å². The summed E-state index contributed by atoms with van der Waals surface area (Å²) in [6.45, 7) is 1.34. The lowest BCUT2D eigenvalue weighted by Gasteiger charge is -2.25. The van der Waals surface area contributed by atoms with E-state index in [0.717, 1.165) is 10.9 Å². The third-order valence-corrected chi connectivity index (χ3v) is 6.73. The SMILES string of the molecule is CC(O)C(N)C(=O)NC(Cc1c[nH]c2ccccc12)C(=O)NC(Cc1ccc(O)cc1)C(=O)NC(CS)C(=O)O. The number of rotatable bonds is 13. The van der Waals surface area contributed by atoms with E-state index in [9.17, 15) is 34.5 Å². The number of phenolic OH excluding ortho intramolecular Hbond substituents is 1. The maximum atomic E-state index is 13.6. The minimum Gasteiger partial charge on any atom is -0.508 e. The molecule has 1 heterocycles. The van der Waals surface area contributed by atoms with E-state index in [1.54, 1.807) is 18.3 Å². The van der Waals surface area contributed by atoms with Crippen LogP contribution in [0, 0.1) is 0 Å². The van der Waals surface area contributed by atoms with Crippen LogP contribution in [0.3, 0.4) is 0 Å². The molecular weight excluding hydrogens is 538 g/mol. The van der Waals surface area contributed by atoms with Crippen molar-refractivity contribution in [2.45, 2.75) is 50.0 Å². The number of aliphatic hydroxyl groups excluding tert-OH is 1. The van der Waals surface area contributed by atoms with Gasteiger partial charge in [0.05, 0.1) is 6.10 Å². The summed E-state index contributed by atoms with van der Waals surface area (Å²) in [4.78, 5) is 54.0. The summed E-state index contributed by atoms with van der Waals surface area (Å²) in [7, 11) is 0. The molecule has 2 aromatic carbocycles. The summed E-state index contributed by atoms with van der Waals surface area (Å²) >= 11 is 3.97. The van der Waals surface area contributed by atoms with E-state index in [1.807, 2.05) is 24.3 Å². The molecule has 0 fully saturated rings. The molecule has 5 unspecified atom stereocenters. The zero-order chi connectivity index (χ0) is 29.4. The Morgan fingerprint density at radius 3 is 2.08 bits per heavy atom. The predicted octanol–water partition coefficient (Wildman–Crippen LogP) is -0.164. The van der Waals surface area contributed by atoms with Gasteiger partial charge in [0.25, 0.3) is 0 Å². The molecule has 13 heteroatoms. The van der Waals surface area contributed by atoms with E-state index in [1.165, 1.54) is 19.1 Å². The van der Waals surface area contributed by atoms with Crippen LogP contribution in [0.15, 0.2) is 54.7 Å². The summed E-state index contributed by atoms with van der Waals surface area (Å²) in [6.07, 6.45) is 0.503. The number of hydrogen-bond acceptors (Lipinski definition) is 8. The number of carbonyl (C=O) groups is 4. The molecule has 0 bridgehead atoms. The molecule has 0 saturated heterocycles. The second-order valence-corrected chi connectivity index (χ2v) is 9.77. The van der Waals surface area contributed by atoms with E-state index >= 15 is 0 Å². The van der Waals surface area contributed by atoms with Gasteiger partial charge in [0.1, 0.15) is 29.9 Å². The summed E-state index contributed by atoms with van der Waals surface area (Å²) in [5.41, 5.74) is 7.89. The van der Waals surface area contributed by atoms with Gasteiger partial charge in [-0.15, -0.1) is 0 Å². The number of aliphatic carboxylic acids is 1. The standard InChI is InChI=1S/C27H33N5O7S/c1-14(33)23(28)26(37)31-21(11-16-12-29-19-5-3-2-4-18(16)19)25(36)30-20(10-15-6-8-17(34)9-7-15)24(35)32-22(13-40)27(38)39/h2-9,12,14,20-23,29,33-34,40H,10-11,13,28H2,1H3,(H,30,36)(H,31,37)(H,32,35)(H,38,39). The Kier molecular flexibility index (Phi) is 10.5. The van der Waals surface area contributed by atoms with Crippen LogP contribution < -0.4 is 21.7 Å². The number of hydrogen-bond donors (Lipinski definition) is 9. The lowest BCUT2D eigenvalue weighted by Crippen LogP contribution is -2.59. The number of para-hydroxylation sites is 1. The van der Waals surface area contributed by atoms with Gasteiger partial charge in [-0.3, -0.25) is 14.4 Å². The van der Waals surface area contributed by atoms with E-state index in [-0.39, 0.29) is 24.3 Å². The number of thiol groups is 1. The van der Waals surface area contributed by atoms with Gasteiger partial charge >= 0.3 is 5.97 Å². The first-order chi connectivity index (χ1) is 19.0. The predicted molar refractivity (Wildman–Crippen MR) is 151 cm³/mol. The van der Waals surface area contributed by atoms with Crippen LogP contribution in [0.1, 0.15) is 18.1 Å². The summed E-state index contributed by atoms with van der Waals surface area (Å²) < 4.78 is 0. The highest BCUT2D eigenvalue weighted by atomic mass is 32.1. The summed E-state index contributed by atoms with van der Waals surface area (Å²) in [5.74, 6) is -3.75. The number of benzene rings is 2. The Morgan fingerprint density at radius 1 is 0.900 bits per heavy atom. The lowest BCUT2D eigenvalue weighted by atomic mass is 10.0. The van der Waals surface area contributed by atoms with E-state index in [0.29, 0.717) is 11.1 Å². The number of nitrogens with two attached hydrogens (primary N) is 1. The molecule has 0 radical (unpaired) electrons. The molecule has 0 aliphatic carbocycles. The third kappa shape index (κ3) is 7.97. The Morgan fingerprint density at radius 2 is 1.48 bits per heavy atom. The van der Waals surface area contributed by atoms with Crippen LogP contribution in [-0.4, -0.2) is 80.0 Å². The molecule has 0 aliphatic heterocycles.